The fourth-order valence-electron chi connectivity index (χ4n) is 3.49. The van der Waals surface area contributed by atoms with E-state index in [1.54, 1.807) is 62.1 Å². The van der Waals surface area contributed by atoms with Gasteiger partial charge < -0.3 is 14.6 Å². The highest BCUT2D eigenvalue weighted by Crippen LogP contribution is 2.26. The Hall–Kier alpha value is -4.37. The van der Waals surface area contributed by atoms with Crippen molar-refractivity contribution >= 4 is 35.0 Å². The molecule has 10 heteroatoms. The van der Waals surface area contributed by atoms with Gasteiger partial charge in [-0.25, -0.2) is 9.78 Å². The summed E-state index contributed by atoms with van der Waals surface area (Å²) >= 11 is 11.6. The molecule has 0 fully saturated rings. The van der Waals surface area contributed by atoms with Crippen LogP contribution in [0.1, 0.15) is 31.8 Å². The molecular formula is C30H25Cl2N3O5. The third-order valence-electron chi connectivity index (χ3n) is 5.66. The zero-order valence-electron chi connectivity index (χ0n) is 21.6. The molecule has 0 bridgehead atoms. The van der Waals surface area contributed by atoms with Gasteiger partial charge in [-0.2, -0.15) is 0 Å². The lowest BCUT2D eigenvalue weighted by Crippen LogP contribution is -2.15. The lowest BCUT2D eigenvalue weighted by atomic mass is 10.1. The molecule has 0 saturated carbocycles. The molecule has 0 aliphatic carbocycles. The number of hydrogen-bond acceptors (Lipinski definition) is 7. The maximum atomic E-state index is 11.9. The second-order valence-electron chi connectivity index (χ2n) is 8.43. The Bertz CT molecular complexity index is 1590. The van der Waals surface area contributed by atoms with Gasteiger partial charge in [0.25, 0.3) is 0 Å². The number of aromatic nitrogens is 3. The van der Waals surface area contributed by atoms with Crippen molar-refractivity contribution in [3.63, 3.8) is 0 Å². The standard InChI is InChI=1S/C15H11ClN2O.C15H12ClNO3.H2O/c1-10-6-7-17-8-13(10)14-9-19-15(18-14)11-2-4-12(16)5-3-11;1-10-6-7-17-8-13(10)14(18)9-20-15(19)11-2-4-12(16)5-3-11;/h2-9H,1H3;2-8H,9H2,1H3;1H2. The van der Waals surface area contributed by atoms with Gasteiger partial charge >= 0.3 is 5.97 Å². The number of benzene rings is 2. The molecule has 0 aliphatic heterocycles. The fourth-order valence-corrected chi connectivity index (χ4v) is 3.74. The van der Waals surface area contributed by atoms with Crippen LogP contribution in [0.2, 0.25) is 10.0 Å². The van der Waals surface area contributed by atoms with Crippen LogP contribution in [0.25, 0.3) is 22.7 Å². The quantitative estimate of drug-likeness (QED) is 0.164. The van der Waals surface area contributed by atoms with Crippen molar-refractivity contribution in [2.45, 2.75) is 13.8 Å². The van der Waals surface area contributed by atoms with Gasteiger partial charge in [0.1, 0.15) is 12.0 Å². The minimum atomic E-state index is -0.559. The molecule has 40 heavy (non-hydrogen) atoms. The molecule has 2 N–H and O–H groups in total. The third kappa shape index (κ3) is 7.83. The van der Waals surface area contributed by atoms with Gasteiger partial charge in [-0.15, -0.1) is 0 Å². The number of carbonyl (C=O) groups excluding carboxylic acids is 2. The molecule has 5 rings (SSSR count). The molecule has 0 amide bonds. The van der Waals surface area contributed by atoms with Crippen molar-refractivity contribution in [2.24, 2.45) is 0 Å². The van der Waals surface area contributed by atoms with Crippen LogP contribution in [0.3, 0.4) is 0 Å². The minimum Gasteiger partial charge on any atom is -0.454 e. The lowest BCUT2D eigenvalue weighted by Gasteiger charge is -2.06. The summed E-state index contributed by atoms with van der Waals surface area (Å²) < 4.78 is 10.5. The number of rotatable bonds is 6. The molecule has 204 valence electrons. The van der Waals surface area contributed by atoms with Crippen LogP contribution in [-0.2, 0) is 4.74 Å². The highest BCUT2D eigenvalue weighted by atomic mass is 35.5. The highest BCUT2D eigenvalue weighted by molar-refractivity contribution is 6.30. The highest BCUT2D eigenvalue weighted by Gasteiger charge is 2.14. The van der Waals surface area contributed by atoms with E-state index in [4.69, 9.17) is 32.4 Å². The molecule has 0 saturated heterocycles. The molecule has 3 heterocycles. The average molecular weight is 578 g/mol. The number of nitrogens with zero attached hydrogens (tertiary/aromatic N) is 3. The van der Waals surface area contributed by atoms with Gasteiger partial charge in [0.15, 0.2) is 6.61 Å². The second kappa shape index (κ2) is 14.1. The number of ether oxygens (including phenoxy) is 1. The Morgan fingerprint density at radius 1 is 0.825 bits per heavy atom. The SMILES string of the molecule is Cc1ccncc1-c1coc(-c2ccc(Cl)cc2)n1.Cc1ccncc1C(=O)COC(=O)c1ccc(Cl)cc1.O. The molecule has 0 radical (unpaired) electrons. The number of ketones is 1. The van der Waals surface area contributed by atoms with Gasteiger partial charge in [-0.05, 0) is 85.6 Å². The maximum absolute atomic E-state index is 11.9. The van der Waals surface area contributed by atoms with E-state index < -0.39 is 5.97 Å². The molecule has 3 aromatic heterocycles. The Labute approximate surface area is 240 Å². The Balaban J connectivity index is 0.000000215. The summed E-state index contributed by atoms with van der Waals surface area (Å²) in [6.07, 6.45) is 8.27. The lowest BCUT2D eigenvalue weighted by molar-refractivity contribution is 0.0474. The number of oxazole rings is 1. The number of esters is 1. The van der Waals surface area contributed by atoms with E-state index in [1.165, 1.54) is 6.20 Å². The van der Waals surface area contributed by atoms with Crippen LogP contribution in [-0.4, -0.2) is 38.8 Å². The predicted octanol–water partition coefficient (Wildman–Crippen LogP) is 6.62. The number of hydrogen-bond donors (Lipinski definition) is 0. The van der Waals surface area contributed by atoms with Crippen LogP contribution in [0.4, 0.5) is 0 Å². The van der Waals surface area contributed by atoms with Crippen LogP contribution in [0.5, 0.6) is 0 Å². The van der Waals surface area contributed by atoms with E-state index in [0.717, 1.165) is 27.9 Å². The van der Waals surface area contributed by atoms with E-state index in [0.29, 0.717) is 27.1 Å². The largest absolute Gasteiger partial charge is 0.454 e. The zero-order valence-corrected chi connectivity index (χ0v) is 23.1. The first kappa shape index (κ1) is 30.2. The normalized spacial score (nSPS) is 10.1. The van der Waals surface area contributed by atoms with Gasteiger partial charge in [-0.3, -0.25) is 14.8 Å². The van der Waals surface area contributed by atoms with E-state index in [9.17, 15) is 9.59 Å². The second-order valence-corrected chi connectivity index (χ2v) is 9.31. The summed E-state index contributed by atoms with van der Waals surface area (Å²) in [5, 5.41) is 1.22. The van der Waals surface area contributed by atoms with Crippen molar-refractivity contribution in [2.75, 3.05) is 6.61 Å². The topological polar surface area (TPSA) is 127 Å². The van der Waals surface area contributed by atoms with Crippen molar-refractivity contribution in [3.8, 4) is 22.7 Å². The monoisotopic (exact) mass is 577 g/mol. The van der Waals surface area contributed by atoms with Crippen LogP contribution in [0, 0.1) is 13.8 Å². The van der Waals surface area contributed by atoms with Crippen molar-refractivity contribution in [3.05, 3.63) is 124 Å². The first-order valence-electron chi connectivity index (χ1n) is 11.8. The summed E-state index contributed by atoms with van der Waals surface area (Å²) in [7, 11) is 0. The van der Waals surface area contributed by atoms with Crippen LogP contribution < -0.4 is 0 Å². The molecular weight excluding hydrogens is 553 g/mol. The Morgan fingerprint density at radius 3 is 2.05 bits per heavy atom. The van der Waals surface area contributed by atoms with Crippen LogP contribution >= 0.6 is 23.2 Å². The van der Waals surface area contributed by atoms with Gasteiger partial charge in [0, 0.05) is 51.5 Å². The van der Waals surface area contributed by atoms with Gasteiger partial charge in [-0.1, -0.05) is 23.2 Å². The van der Waals surface area contributed by atoms with E-state index in [-0.39, 0.29) is 17.9 Å². The Morgan fingerprint density at radius 2 is 1.43 bits per heavy atom. The molecule has 2 aromatic carbocycles. The van der Waals surface area contributed by atoms with Crippen molar-refractivity contribution in [1.29, 1.82) is 0 Å². The first-order valence-corrected chi connectivity index (χ1v) is 12.6. The molecule has 0 aliphatic rings. The zero-order chi connectivity index (χ0) is 27.8. The van der Waals surface area contributed by atoms with Gasteiger partial charge in [0.2, 0.25) is 11.7 Å². The minimum absolute atomic E-state index is 0. The van der Waals surface area contributed by atoms with Crippen molar-refractivity contribution < 1.29 is 24.2 Å². The number of Topliss-reactive ketones (excluding diaryl/α,β-unsaturated/α-hetero) is 1. The van der Waals surface area contributed by atoms with Crippen LogP contribution in [0.15, 0.2) is 96.1 Å². The maximum Gasteiger partial charge on any atom is 0.338 e. The van der Waals surface area contributed by atoms with E-state index in [2.05, 4.69) is 15.0 Å². The predicted molar refractivity (Wildman–Crippen MR) is 154 cm³/mol. The third-order valence-corrected chi connectivity index (χ3v) is 6.17. The first-order chi connectivity index (χ1) is 18.8. The molecule has 5 aromatic rings. The summed E-state index contributed by atoms with van der Waals surface area (Å²) in [6.45, 7) is 3.51. The summed E-state index contributed by atoms with van der Waals surface area (Å²) in [6, 6.07) is 17.3. The summed E-state index contributed by atoms with van der Waals surface area (Å²) in [5.41, 5.74) is 5.39. The molecule has 0 atom stereocenters. The number of aryl methyl sites for hydroxylation is 2. The Kier molecular flexibility index (Phi) is 10.7. The number of pyridine rings is 2. The fraction of sp³-hybridized carbons (Fsp3) is 0.100. The van der Waals surface area contributed by atoms with Gasteiger partial charge in [0.05, 0.1) is 5.56 Å². The average Bonchev–Trinajstić information content (AvgIpc) is 3.43. The van der Waals surface area contributed by atoms with E-state index in [1.807, 2.05) is 37.3 Å². The number of carbonyl (C=O) groups is 2. The van der Waals surface area contributed by atoms with Crippen molar-refractivity contribution in [1.82, 2.24) is 15.0 Å². The summed E-state index contributed by atoms with van der Waals surface area (Å²) in [4.78, 5) is 36.2. The number of halogens is 2. The van der Waals surface area contributed by atoms with E-state index >= 15 is 0 Å². The smallest absolute Gasteiger partial charge is 0.338 e. The molecule has 8 nitrogen and oxygen atoms in total. The molecule has 0 spiro atoms. The summed E-state index contributed by atoms with van der Waals surface area (Å²) in [5.74, 6) is -0.260. The molecule has 0 unspecified atom stereocenters.